The molecule has 0 fully saturated rings. The van der Waals surface area contributed by atoms with Gasteiger partial charge in [0.1, 0.15) is 5.76 Å². The number of anilines is 1. The lowest BCUT2D eigenvalue weighted by atomic mass is 10.2. The summed E-state index contributed by atoms with van der Waals surface area (Å²) in [6.45, 7) is 1.27. The van der Waals surface area contributed by atoms with Gasteiger partial charge in [-0.2, -0.15) is 5.11 Å². The zero-order chi connectivity index (χ0) is 20.3. The van der Waals surface area contributed by atoms with Crippen molar-refractivity contribution in [1.29, 1.82) is 0 Å². The van der Waals surface area contributed by atoms with Gasteiger partial charge in [0, 0.05) is 5.69 Å². The number of fused-ring (bicyclic) bond motifs is 1. The Morgan fingerprint density at radius 2 is 1.79 bits per heavy atom. The summed E-state index contributed by atoms with van der Waals surface area (Å²) in [5.74, 6) is -2.22. The van der Waals surface area contributed by atoms with Crippen LogP contribution in [0, 0.1) is 0 Å². The van der Waals surface area contributed by atoms with E-state index in [-0.39, 0.29) is 28.4 Å². The second-order valence-corrected chi connectivity index (χ2v) is 5.78. The summed E-state index contributed by atoms with van der Waals surface area (Å²) < 4.78 is 0. The van der Waals surface area contributed by atoms with Gasteiger partial charge in [-0.15, -0.1) is 5.11 Å². The molecule has 0 unspecified atom stereocenters. The van der Waals surface area contributed by atoms with Gasteiger partial charge in [-0.25, -0.2) is 9.59 Å². The number of amides is 1. The molecule has 1 amide bonds. The minimum absolute atomic E-state index is 0.0148. The molecule has 1 heterocycles. The van der Waals surface area contributed by atoms with E-state index in [9.17, 15) is 19.5 Å². The molecule has 3 aromatic rings. The summed E-state index contributed by atoms with van der Waals surface area (Å²) in [6.07, 6.45) is 0. The van der Waals surface area contributed by atoms with Crippen molar-refractivity contribution in [2.45, 2.75) is 6.92 Å². The smallest absolute Gasteiger partial charge is 0.335 e. The van der Waals surface area contributed by atoms with Gasteiger partial charge in [0.2, 0.25) is 0 Å². The molecule has 10 nitrogen and oxygen atoms in total. The maximum Gasteiger partial charge on any atom is 0.335 e. The highest BCUT2D eigenvalue weighted by molar-refractivity contribution is 6.04. The van der Waals surface area contributed by atoms with Crippen LogP contribution in [-0.2, 0) is 4.79 Å². The molecular weight excluding hydrogens is 366 g/mol. The Hall–Kier alpha value is -4.21. The molecule has 0 aliphatic rings. The van der Waals surface area contributed by atoms with Crippen LogP contribution in [0.25, 0.3) is 11.0 Å². The lowest BCUT2D eigenvalue weighted by molar-refractivity contribution is -0.113. The van der Waals surface area contributed by atoms with Gasteiger partial charge in [0.25, 0.3) is 5.91 Å². The van der Waals surface area contributed by atoms with Crippen molar-refractivity contribution in [3.8, 4) is 0 Å². The number of aromatic amines is 2. The van der Waals surface area contributed by atoms with Gasteiger partial charge >= 0.3 is 11.7 Å². The SMILES string of the molecule is C/C(O)=C(/N=Nc1cccc(C(=O)O)c1)C(=O)Nc1ccc2[nH]c(=O)[nH]c2c1. The Labute approximate surface area is 157 Å². The van der Waals surface area contributed by atoms with E-state index in [1.807, 2.05) is 0 Å². The summed E-state index contributed by atoms with van der Waals surface area (Å²) in [5, 5.41) is 28.9. The molecule has 0 spiro atoms. The van der Waals surface area contributed by atoms with Gasteiger partial charge < -0.3 is 25.5 Å². The van der Waals surface area contributed by atoms with Crippen LogP contribution in [0.5, 0.6) is 0 Å². The van der Waals surface area contributed by atoms with Crippen molar-refractivity contribution in [1.82, 2.24) is 9.97 Å². The van der Waals surface area contributed by atoms with E-state index < -0.39 is 11.9 Å². The van der Waals surface area contributed by atoms with E-state index in [2.05, 4.69) is 25.5 Å². The number of azo groups is 1. The summed E-state index contributed by atoms with van der Waals surface area (Å²) in [7, 11) is 0. The fourth-order valence-electron chi connectivity index (χ4n) is 2.39. The fraction of sp³-hybridized carbons (Fsp3) is 0.0556. The van der Waals surface area contributed by atoms with Gasteiger partial charge in [0.15, 0.2) is 5.70 Å². The maximum absolute atomic E-state index is 12.4. The van der Waals surface area contributed by atoms with E-state index in [0.29, 0.717) is 16.7 Å². The molecule has 0 bridgehead atoms. The molecule has 2 aromatic carbocycles. The Morgan fingerprint density at radius 1 is 1.04 bits per heavy atom. The number of H-pyrrole nitrogens is 2. The first-order valence-electron chi connectivity index (χ1n) is 8.02. The van der Waals surface area contributed by atoms with E-state index in [4.69, 9.17) is 5.11 Å². The number of carbonyl (C=O) groups is 2. The number of aromatic nitrogens is 2. The summed E-state index contributed by atoms with van der Waals surface area (Å²) >= 11 is 0. The Morgan fingerprint density at radius 3 is 2.50 bits per heavy atom. The van der Waals surface area contributed by atoms with E-state index in [0.717, 1.165) is 0 Å². The number of carbonyl (C=O) groups excluding carboxylic acids is 1. The number of carboxylic acid groups (broad SMARTS) is 1. The molecule has 142 valence electrons. The molecule has 0 saturated heterocycles. The number of aliphatic hydroxyl groups is 1. The van der Waals surface area contributed by atoms with Crippen molar-refractivity contribution in [3.63, 3.8) is 0 Å². The number of aliphatic hydroxyl groups excluding tert-OH is 1. The number of carboxylic acids is 1. The quantitative estimate of drug-likeness (QED) is 0.260. The van der Waals surface area contributed by atoms with Gasteiger partial charge in [-0.3, -0.25) is 4.79 Å². The molecule has 5 N–H and O–H groups in total. The first-order chi connectivity index (χ1) is 13.3. The Bertz CT molecular complexity index is 1180. The lowest BCUT2D eigenvalue weighted by Crippen LogP contribution is -2.14. The largest absolute Gasteiger partial charge is 0.510 e. The van der Waals surface area contributed by atoms with Crippen LogP contribution in [0.2, 0.25) is 0 Å². The average molecular weight is 381 g/mol. The van der Waals surface area contributed by atoms with Crippen LogP contribution >= 0.6 is 0 Å². The summed E-state index contributed by atoms with van der Waals surface area (Å²) in [6, 6.07) is 10.4. The first kappa shape index (κ1) is 18.6. The van der Waals surface area contributed by atoms with E-state index >= 15 is 0 Å². The van der Waals surface area contributed by atoms with Crippen molar-refractivity contribution >= 4 is 34.3 Å². The highest BCUT2D eigenvalue weighted by Gasteiger charge is 2.14. The van der Waals surface area contributed by atoms with E-state index in [1.54, 1.807) is 18.2 Å². The zero-order valence-corrected chi connectivity index (χ0v) is 14.6. The molecule has 3 rings (SSSR count). The fourth-order valence-corrected chi connectivity index (χ4v) is 2.39. The summed E-state index contributed by atoms with van der Waals surface area (Å²) in [5.41, 5.74) is 0.954. The minimum atomic E-state index is -1.12. The van der Waals surface area contributed by atoms with Gasteiger partial charge in [0.05, 0.1) is 22.3 Å². The van der Waals surface area contributed by atoms with Crippen LogP contribution in [0.4, 0.5) is 11.4 Å². The molecule has 0 aliphatic heterocycles. The second kappa shape index (κ2) is 7.58. The number of imidazole rings is 1. The van der Waals surface area contributed by atoms with Crippen LogP contribution in [0.3, 0.4) is 0 Å². The molecule has 0 atom stereocenters. The predicted octanol–water partition coefficient (Wildman–Crippen LogP) is 3.07. The Balaban J connectivity index is 1.82. The molecule has 0 radical (unpaired) electrons. The Kier molecular flexibility index (Phi) is 5.03. The monoisotopic (exact) mass is 381 g/mol. The molecular formula is C18H15N5O5. The van der Waals surface area contributed by atoms with E-state index in [1.165, 1.54) is 31.2 Å². The van der Waals surface area contributed by atoms with Gasteiger partial charge in [-0.05, 0) is 43.3 Å². The van der Waals surface area contributed by atoms with Crippen LogP contribution in [0.15, 0.2) is 68.9 Å². The number of allylic oxidation sites excluding steroid dienone is 1. The van der Waals surface area contributed by atoms with Crippen LogP contribution in [0.1, 0.15) is 17.3 Å². The highest BCUT2D eigenvalue weighted by Crippen LogP contribution is 2.19. The number of nitrogens with one attached hydrogen (secondary N) is 3. The number of nitrogens with zero attached hydrogens (tertiary/aromatic N) is 2. The number of aromatic carboxylic acids is 1. The maximum atomic E-state index is 12.4. The van der Waals surface area contributed by atoms with Crippen molar-refractivity contribution in [2.24, 2.45) is 10.2 Å². The van der Waals surface area contributed by atoms with Crippen molar-refractivity contribution < 1.29 is 19.8 Å². The molecule has 0 aliphatic carbocycles. The lowest BCUT2D eigenvalue weighted by Gasteiger charge is -2.06. The minimum Gasteiger partial charge on any atom is -0.510 e. The second-order valence-electron chi connectivity index (χ2n) is 5.78. The highest BCUT2D eigenvalue weighted by atomic mass is 16.4. The number of benzene rings is 2. The normalized spacial score (nSPS) is 12.2. The average Bonchev–Trinajstić information content (AvgIpc) is 3.01. The van der Waals surface area contributed by atoms with Crippen LogP contribution in [-0.4, -0.2) is 32.1 Å². The molecule has 10 heteroatoms. The third kappa shape index (κ3) is 4.12. The van der Waals surface area contributed by atoms with Crippen LogP contribution < -0.4 is 11.0 Å². The van der Waals surface area contributed by atoms with Gasteiger partial charge in [-0.1, -0.05) is 6.07 Å². The van der Waals surface area contributed by atoms with Crippen molar-refractivity contribution in [2.75, 3.05) is 5.32 Å². The standard InChI is InChI=1S/C18H15N5O5/c1-9(24)15(23-22-12-4-2-3-10(7-12)17(26)27)16(25)19-11-5-6-13-14(8-11)21-18(28)20-13/h2-8,24H,1H3,(H,19,25)(H,26,27)(H2,20,21,28)/b15-9-,23-22?. The molecule has 1 aromatic heterocycles. The van der Waals surface area contributed by atoms with Crippen molar-refractivity contribution in [3.05, 3.63) is 70.0 Å². The molecule has 0 saturated carbocycles. The number of hydrogen-bond acceptors (Lipinski definition) is 6. The third-order valence-corrected chi connectivity index (χ3v) is 3.69. The number of hydrogen-bond donors (Lipinski definition) is 5. The zero-order valence-electron chi connectivity index (χ0n) is 14.6. The third-order valence-electron chi connectivity index (χ3n) is 3.69. The predicted molar refractivity (Wildman–Crippen MR) is 101 cm³/mol. The topological polar surface area (TPSA) is 160 Å². The molecule has 28 heavy (non-hydrogen) atoms. The first-order valence-corrected chi connectivity index (χ1v) is 8.02. The number of rotatable bonds is 5. The summed E-state index contributed by atoms with van der Waals surface area (Å²) in [4.78, 5) is 39.9.